The number of carbonyl (C=O) groups excluding carboxylic acids is 1. The van der Waals surface area contributed by atoms with Crippen molar-refractivity contribution >= 4 is 23.2 Å². The van der Waals surface area contributed by atoms with Crippen LogP contribution in [0.4, 0.5) is 18.9 Å². The summed E-state index contributed by atoms with van der Waals surface area (Å²) in [6, 6.07) is 3.95. The number of halogens is 4. The van der Waals surface area contributed by atoms with E-state index in [9.17, 15) is 18.0 Å². The zero-order valence-corrected chi connectivity index (χ0v) is 14.3. The second-order valence-corrected chi connectivity index (χ2v) is 6.73. The molecule has 25 heavy (non-hydrogen) atoms. The topological polar surface area (TPSA) is 38.3 Å². The van der Waals surface area contributed by atoms with Gasteiger partial charge in [-0.15, -0.1) is 0 Å². The summed E-state index contributed by atoms with van der Waals surface area (Å²) in [5, 5.41) is 2.64. The molecule has 1 amide bonds. The summed E-state index contributed by atoms with van der Waals surface area (Å²) in [4.78, 5) is 12.3. The van der Waals surface area contributed by atoms with Gasteiger partial charge in [-0.3, -0.25) is 4.79 Å². The highest BCUT2D eigenvalue weighted by Gasteiger charge is 2.60. The number of benzene rings is 1. The van der Waals surface area contributed by atoms with E-state index in [1.165, 1.54) is 18.2 Å². The molecule has 0 aromatic heterocycles. The summed E-state index contributed by atoms with van der Waals surface area (Å²) in [5.74, 6) is 4.32. The maximum Gasteiger partial charge on any atom is 0.433 e. The van der Waals surface area contributed by atoms with Gasteiger partial charge in [0.15, 0.2) is 0 Å². The number of nitrogens with one attached hydrogen (secondary N) is 1. The van der Waals surface area contributed by atoms with E-state index in [2.05, 4.69) is 17.2 Å². The first-order chi connectivity index (χ1) is 11.8. The van der Waals surface area contributed by atoms with Crippen molar-refractivity contribution in [2.45, 2.75) is 50.5 Å². The van der Waals surface area contributed by atoms with Crippen molar-refractivity contribution in [2.24, 2.45) is 5.92 Å². The first-order valence-corrected chi connectivity index (χ1v) is 8.53. The third-order valence-corrected chi connectivity index (χ3v) is 4.45. The lowest BCUT2D eigenvalue weighted by Gasteiger charge is -2.33. The number of carbonyl (C=O) groups is 1. The summed E-state index contributed by atoms with van der Waals surface area (Å²) in [6.07, 6.45) is -3.86. The Labute approximate surface area is 148 Å². The summed E-state index contributed by atoms with van der Waals surface area (Å²) >= 11 is 5.93. The average Bonchev–Trinajstić information content (AvgIpc) is 3.35. The van der Waals surface area contributed by atoms with Gasteiger partial charge < -0.3 is 10.1 Å². The van der Waals surface area contributed by atoms with Crippen molar-refractivity contribution in [2.75, 3.05) is 5.32 Å². The van der Waals surface area contributed by atoms with Crippen LogP contribution in [0.25, 0.3) is 0 Å². The van der Waals surface area contributed by atoms with E-state index in [0.717, 1.165) is 12.8 Å². The fourth-order valence-electron chi connectivity index (χ4n) is 2.73. The van der Waals surface area contributed by atoms with E-state index in [1.54, 1.807) is 6.92 Å². The van der Waals surface area contributed by atoms with Crippen molar-refractivity contribution in [1.29, 1.82) is 0 Å². The average molecular weight is 372 g/mol. The standard InChI is InChI=1S/C18H17ClF3NO2/c1-2-3-15-16(24)23-14-7-6-12(19)10-13(14)17(25-15,18(20,21)22)9-8-11-4-5-11/h6-7,10-11,15H,2-5H2,1H3,(H,23,24). The molecule has 3 rings (SSSR count). The summed E-state index contributed by atoms with van der Waals surface area (Å²) < 4.78 is 48.0. The first-order valence-electron chi connectivity index (χ1n) is 8.15. The largest absolute Gasteiger partial charge is 0.433 e. The Hall–Kier alpha value is -1.71. The lowest BCUT2D eigenvalue weighted by atomic mass is 9.91. The number of amides is 1. The Morgan fingerprint density at radius 1 is 1.40 bits per heavy atom. The van der Waals surface area contributed by atoms with Crippen LogP contribution in [0.1, 0.15) is 38.2 Å². The van der Waals surface area contributed by atoms with Gasteiger partial charge >= 0.3 is 6.18 Å². The summed E-state index contributed by atoms with van der Waals surface area (Å²) in [7, 11) is 0. The molecule has 0 spiro atoms. The van der Waals surface area contributed by atoms with Crippen molar-refractivity contribution in [1.82, 2.24) is 0 Å². The molecule has 7 heteroatoms. The highest BCUT2D eigenvalue weighted by atomic mass is 35.5. The second-order valence-electron chi connectivity index (χ2n) is 6.30. The van der Waals surface area contributed by atoms with Crippen LogP contribution in [-0.4, -0.2) is 18.2 Å². The number of hydrogen-bond donors (Lipinski definition) is 1. The number of hydrogen-bond acceptors (Lipinski definition) is 2. The van der Waals surface area contributed by atoms with Crippen LogP contribution in [0.2, 0.25) is 5.02 Å². The fraction of sp³-hybridized carbons (Fsp3) is 0.500. The Bertz CT molecular complexity index is 749. The van der Waals surface area contributed by atoms with Gasteiger partial charge in [-0.05, 0) is 37.5 Å². The van der Waals surface area contributed by atoms with Crippen molar-refractivity contribution < 1.29 is 22.7 Å². The molecule has 134 valence electrons. The van der Waals surface area contributed by atoms with Crippen LogP contribution in [0.3, 0.4) is 0 Å². The third kappa shape index (κ3) is 3.49. The maximum atomic E-state index is 14.2. The zero-order chi connectivity index (χ0) is 18.2. The minimum absolute atomic E-state index is 0.0235. The molecule has 0 bridgehead atoms. The SMILES string of the molecule is CCCC1OC(C#CC2CC2)(C(F)(F)F)c2cc(Cl)ccc2NC1=O. The van der Waals surface area contributed by atoms with Crippen molar-refractivity contribution in [3.63, 3.8) is 0 Å². The predicted molar refractivity (Wildman–Crippen MR) is 88.1 cm³/mol. The number of anilines is 1. The van der Waals surface area contributed by atoms with Crippen molar-refractivity contribution in [3.8, 4) is 11.8 Å². The third-order valence-electron chi connectivity index (χ3n) is 4.21. The second kappa shape index (κ2) is 6.54. The first kappa shape index (κ1) is 18.1. The molecule has 0 saturated heterocycles. The fourth-order valence-corrected chi connectivity index (χ4v) is 2.90. The van der Waals surface area contributed by atoms with Gasteiger partial charge in [0, 0.05) is 22.2 Å². The number of rotatable bonds is 2. The number of ether oxygens (including phenoxy) is 1. The van der Waals surface area contributed by atoms with Crippen LogP contribution in [0.5, 0.6) is 0 Å². The lowest BCUT2D eigenvalue weighted by Crippen LogP contribution is -2.46. The minimum Gasteiger partial charge on any atom is -0.337 e. The van der Waals surface area contributed by atoms with Crippen LogP contribution in [0, 0.1) is 17.8 Å². The smallest absolute Gasteiger partial charge is 0.337 e. The molecule has 2 aliphatic rings. The van der Waals surface area contributed by atoms with Crippen LogP contribution >= 0.6 is 11.6 Å². The molecule has 0 radical (unpaired) electrons. The zero-order valence-electron chi connectivity index (χ0n) is 13.5. The summed E-state index contributed by atoms with van der Waals surface area (Å²) in [6.45, 7) is 1.77. The van der Waals surface area contributed by atoms with E-state index < -0.39 is 23.8 Å². The monoisotopic (exact) mass is 371 g/mol. The minimum atomic E-state index is -4.83. The molecule has 1 aliphatic carbocycles. The molecule has 1 saturated carbocycles. The molecule has 1 aromatic rings. The molecule has 1 fully saturated rings. The Morgan fingerprint density at radius 2 is 2.12 bits per heavy atom. The predicted octanol–water partition coefficient (Wildman–Crippen LogP) is 4.65. The normalized spacial score (nSPS) is 26.1. The molecule has 1 aliphatic heterocycles. The van der Waals surface area contributed by atoms with Crippen LogP contribution < -0.4 is 5.32 Å². The van der Waals surface area contributed by atoms with Crippen molar-refractivity contribution in [3.05, 3.63) is 28.8 Å². The number of fused-ring (bicyclic) bond motifs is 1. The molecule has 1 heterocycles. The molecule has 2 unspecified atom stereocenters. The number of alkyl halides is 3. The molecular weight excluding hydrogens is 355 g/mol. The molecule has 1 N–H and O–H groups in total. The van der Waals surface area contributed by atoms with Gasteiger partial charge in [0.25, 0.3) is 11.5 Å². The van der Waals surface area contributed by atoms with Gasteiger partial charge in [-0.2, -0.15) is 13.2 Å². The van der Waals surface area contributed by atoms with Gasteiger partial charge in [0.05, 0.1) is 0 Å². The Kier molecular flexibility index (Phi) is 4.74. The van der Waals surface area contributed by atoms with E-state index >= 15 is 0 Å². The van der Waals surface area contributed by atoms with Gasteiger partial charge in [0.1, 0.15) is 6.10 Å². The molecule has 3 nitrogen and oxygen atoms in total. The van der Waals surface area contributed by atoms with E-state index in [4.69, 9.17) is 16.3 Å². The van der Waals surface area contributed by atoms with E-state index in [-0.39, 0.29) is 28.6 Å². The van der Waals surface area contributed by atoms with Gasteiger partial charge in [0.2, 0.25) is 0 Å². The Balaban J connectivity index is 2.22. The molecule has 1 aromatic carbocycles. The maximum absolute atomic E-state index is 14.2. The molecule has 2 atom stereocenters. The van der Waals surface area contributed by atoms with Crippen LogP contribution in [-0.2, 0) is 15.1 Å². The molecular formula is C18H17ClF3NO2. The van der Waals surface area contributed by atoms with E-state index in [0.29, 0.717) is 6.42 Å². The van der Waals surface area contributed by atoms with Gasteiger partial charge in [-0.25, -0.2) is 0 Å². The lowest BCUT2D eigenvalue weighted by molar-refractivity contribution is -0.268. The van der Waals surface area contributed by atoms with Crippen LogP contribution in [0.15, 0.2) is 18.2 Å². The van der Waals surface area contributed by atoms with Gasteiger partial charge in [-0.1, -0.05) is 36.8 Å². The highest BCUT2D eigenvalue weighted by Crippen LogP contribution is 2.48. The summed E-state index contributed by atoms with van der Waals surface area (Å²) in [5.41, 5.74) is -3.13. The quantitative estimate of drug-likeness (QED) is 0.768. The highest BCUT2D eigenvalue weighted by molar-refractivity contribution is 6.30. The Morgan fingerprint density at radius 3 is 2.72 bits per heavy atom. The van der Waals surface area contributed by atoms with E-state index in [1.807, 2.05) is 0 Å².